The molecule has 5 rings (SSSR count). The Bertz CT molecular complexity index is 1040. The molecule has 2 aliphatic rings. The van der Waals surface area contributed by atoms with E-state index in [1.807, 2.05) is 17.7 Å². The third kappa shape index (κ3) is 4.04. The van der Waals surface area contributed by atoms with Crippen molar-refractivity contribution in [2.24, 2.45) is 0 Å². The average molecular weight is 411 g/mol. The molecule has 8 heteroatoms. The molecule has 1 aliphatic carbocycles. The Morgan fingerprint density at radius 1 is 1.14 bits per heavy atom. The Hall–Kier alpha value is -2.32. The van der Waals surface area contributed by atoms with E-state index in [1.165, 1.54) is 18.4 Å². The summed E-state index contributed by atoms with van der Waals surface area (Å²) >= 11 is 5.85. The molecule has 2 fully saturated rings. The van der Waals surface area contributed by atoms with Gasteiger partial charge in [0.15, 0.2) is 10.6 Å². The molecule has 7 nitrogen and oxygen atoms in total. The quantitative estimate of drug-likeness (QED) is 0.575. The molecule has 1 aromatic carbocycles. The van der Waals surface area contributed by atoms with Gasteiger partial charge in [-0.25, -0.2) is 4.68 Å². The lowest BCUT2D eigenvalue weighted by atomic mass is 9.98. The zero-order valence-corrected chi connectivity index (χ0v) is 17.5. The van der Waals surface area contributed by atoms with Crippen LogP contribution in [0.2, 0.25) is 0 Å². The summed E-state index contributed by atoms with van der Waals surface area (Å²) < 4.78 is 10.5. The smallest absolute Gasteiger partial charge is 0.231 e. The van der Waals surface area contributed by atoms with Crippen molar-refractivity contribution in [3.63, 3.8) is 0 Å². The van der Waals surface area contributed by atoms with Crippen molar-refractivity contribution >= 4 is 12.2 Å². The lowest BCUT2D eigenvalue weighted by Crippen LogP contribution is -2.36. The third-order valence-corrected chi connectivity index (χ3v) is 6.24. The molecule has 1 saturated carbocycles. The first-order chi connectivity index (χ1) is 14.2. The van der Waals surface area contributed by atoms with Crippen molar-refractivity contribution in [3.05, 3.63) is 58.2 Å². The van der Waals surface area contributed by atoms with E-state index in [2.05, 4.69) is 43.9 Å². The highest BCUT2D eigenvalue weighted by Gasteiger charge is 2.31. The van der Waals surface area contributed by atoms with Gasteiger partial charge in [-0.15, -0.1) is 0 Å². The highest BCUT2D eigenvalue weighted by atomic mass is 32.1. The van der Waals surface area contributed by atoms with Crippen LogP contribution in [-0.4, -0.2) is 42.5 Å². The van der Waals surface area contributed by atoms with Gasteiger partial charge in [-0.1, -0.05) is 35.5 Å². The number of hydrogen-bond donors (Lipinski definition) is 0. The van der Waals surface area contributed by atoms with Crippen molar-refractivity contribution in [3.8, 4) is 0 Å². The predicted octanol–water partition coefficient (Wildman–Crippen LogP) is 3.87. The standard InChI is InChI=1S/C21H26N6OS/c1-15-22-20(28-24-15)18-8-5-11-25(13-18)14-27-21(29)26(19(23-27)17-9-10-17)12-16-6-3-2-4-7-16/h2-4,6-7,17-18H,5,8-14H2,1H3. The summed E-state index contributed by atoms with van der Waals surface area (Å²) in [5.74, 6) is 3.43. The van der Waals surface area contributed by atoms with Crippen LogP contribution in [-0.2, 0) is 13.2 Å². The van der Waals surface area contributed by atoms with Crippen molar-refractivity contribution in [2.75, 3.05) is 13.1 Å². The van der Waals surface area contributed by atoms with E-state index < -0.39 is 0 Å². The first-order valence-corrected chi connectivity index (χ1v) is 10.8. The fraction of sp³-hybridized carbons (Fsp3) is 0.524. The van der Waals surface area contributed by atoms with Gasteiger partial charge in [-0.2, -0.15) is 10.1 Å². The molecule has 0 spiro atoms. The number of aromatic nitrogens is 5. The highest BCUT2D eigenvalue weighted by Crippen LogP contribution is 2.39. The summed E-state index contributed by atoms with van der Waals surface area (Å²) in [7, 11) is 0. The highest BCUT2D eigenvalue weighted by molar-refractivity contribution is 7.71. The zero-order valence-electron chi connectivity index (χ0n) is 16.7. The maximum Gasteiger partial charge on any atom is 0.231 e. The molecule has 152 valence electrons. The third-order valence-electron chi connectivity index (χ3n) is 5.81. The predicted molar refractivity (Wildman–Crippen MR) is 111 cm³/mol. The van der Waals surface area contributed by atoms with Crippen LogP contribution in [0, 0.1) is 11.7 Å². The Balaban J connectivity index is 1.36. The molecule has 0 radical (unpaired) electrons. The van der Waals surface area contributed by atoms with Crippen LogP contribution in [0.4, 0.5) is 0 Å². The van der Waals surface area contributed by atoms with E-state index in [1.54, 1.807) is 0 Å². The minimum Gasteiger partial charge on any atom is -0.339 e. The minimum absolute atomic E-state index is 0.286. The van der Waals surface area contributed by atoms with E-state index in [0.29, 0.717) is 18.4 Å². The Labute approximate surface area is 175 Å². The second kappa shape index (κ2) is 7.84. The van der Waals surface area contributed by atoms with Crippen LogP contribution in [0.15, 0.2) is 34.9 Å². The SMILES string of the molecule is Cc1noc(C2CCCN(Cn3nc(C4CC4)n(Cc4ccccc4)c3=S)C2)n1. The normalized spacial score (nSPS) is 20.2. The molecular weight excluding hydrogens is 384 g/mol. The Morgan fingerprint density at radius 2 is 1.97 bits per heavy atom. The van der Waals surface area contributed by atoms with Crippen LogP contribution in [0.3, 0.4) is 0 Å². The van der Waals surface area contributed by atoms with Crippen molar-refractivity contribution in [2.45, 2.75) is 57.7 Å². The number of hydrogen-bond acceptors (Lipinski definition) is 6. The maximum absolute atomic E-state index is 5.85. The second-order valence-corrected chi connectivity index (χ2v) is 8.59. The van der Waals surface area contributed by atoms with Crippen LogP contribution >= 0.6 is 12.2 Å². The van der Waals surface area contributed by atoms with Crippen LogP contribution in [0.5, 0.6) is 0 Å². The second-order valence-electron chi connectivity index (χ2n) is 8.22. The molecule has 1 aliphatic heterocycles. The Morgan fingerprint density at radius 3 is 2.69 bits per heavy atom. The van der Waals surface area contributed by atoms with Crippen molar-refractivity contribution in [1.82, 2.24) is 29.4 Å². The van der Waals surface area contributed by atoms with E-state index in [0.717, 1.165) is 49.0 Å². The van der Waals surface area contributed by atoms with Gasteiger partial charge in [0.1, 0.15) is 5.82 Å². The van der Waals surface area contributed by atoms with Gasteiger partial charge in [0.05, 0.1) is 19.1 Å². The topological polar surface area (TPSA) is 64.9 Å². The molecule has 1 atom stereocenters. The fourth-order valence-corrected chi connectivity index (χ4v) is 4.42. The summed E-state index contributed by atoms with van der Waals surface area (Å²) in [5, 5.41) is 8.90. The molecular formula is C21H26N6OS. The number of likely N-dealkylation sites (tertiary alicyclic amines) is 1. The maximum atomic E-state index is 5.85. The molecule has 0 bridgehead atoms. The van der Waals surface area contributed by atoms with Crippen LogP contribution < -0.4 is 0 Å². The van der Waals surface area contributed by atoms with E-state index in [9.17, 15) is 0 Å². The molecule has 2 aromatic heterocycles. The Kier molecular flexibility index (Phi) is 5.05. The lowest BCUT2D eigenvalue weighted by Gasteiger charge is -2.30. The number of aryl methyl sites for hydroxylation is 1. The van der Waals surface area contributed by atoms with Gasteiger partial charge in [0, 0.05) is 12.5 Å². The molecule has 1 unspecified atom stereocenters. The summed E-state index contributed by atoms with van der Waals surface area (Å²) in [6, 6.07) is 10.5. The molecule has 0 N–H and O–H groups in total. The fourth-order valence-electron chi connectivity index (χ4n) is 4.16. The summed E-state index contributed by atoms with van der Waals surface area (Å²) in [6.45, 7) is 5.30. The summed E-state index contributed by atoms with van der Waals surface area (Å²) in [4.78, 5) is 6.84. The van der Waals surface area contributed by atoms with Gasteiger partial charge in [-0.05, 0) is 56.9 Å². The largest absolute Gasteiger partial charge is 0.339 e. The van der Waals surface area contributed by atoms with Gasteiger partial charge in [0.25, 0.3) is 0 Å². The lowest BCUT2D eigenvalue weighted by molar-refractivity contribution is 0.143. The number of benzene rings is 1. The molecule has 1 saturated heterocycles. The van der Waals surface area contributed by atoms with Gasteiger partial charge < -0.3 is 4.52 Å². The minimum atomic E-state index is 0.286. The van der Waals surface area contributed by atoms with Crippen molar-refractivity contribution < 1.29 is 4.52 Å². The molecule has 29 heavy (non-hydrogen) atoms. The summed E-state index contributed by atoms with van der Waals surface area (Å²) in [5.41, 5.74) is 1.26. The van der Waals surface area contributed by atoms with Crippen LogP contribution in [0.25, 0.3) is 0 Å². The van der Waals surface area contributed by atoms with Crippen molar-refractivity contribution in [1.29, 1.82) is 0 Å². The van der Waals surface area contributed by atoms with Gasteiger partial charge in [0.2, 0.25) is 5.89 Å². The van der Waals surface area contributed by atoms with Gasteiger partial charge >= 0.3 is 0 Å². The van der Waals surface area contributed by atoms with Gasteiger partial charge in [-0.3, -0.25) is 9.47 Å². The average Bonchev–Trinajstić information content (AvgIpc) is 3.43. The molecule has 3 aromatic rings. The van der Waals surface area contributed by atoms with E-state index in [-0.39, 0.29) is 5.92 Å². The van der Waals surface area contributed by atoms with E-state index >= 15 is 0 Å². The number of rotatable bonds is 6. The monoisotopic (exact) mass is 410 g/mol. The number of piperidine rings is 1. The molecule has 0 amide bonds. The number of nitrogens with zero attached hydrogens (tertiary/aromatic N) is 6. The zero-order chi connectivity index (χ0) is 19.8. The van der Waals surface area contributed by atoms with E-state index in [4.69, 9.17) is 21.8 Å². The molecule has 3 heterocycles. The van der Waals surface area contributed by atoms with Crippen LogP contribution in [0.1, 0.15) is 60.6 Å². The summed E-state index contributed by atoms with van der Waals surface area (Å²) in [6.07, 6.45) is 4.62. The first-order valence-electron chi connectivity index (χ1n) is 10.4. The first kappa shape index (κ1) is 18.7.